The minimum Gasteiger partial charge on any atom is -0.374 e. The van der Waals surface area contributed by atoms with Crippen molar-refractivity contribution in [1.29, 1.82) is 0 Å². The Kier molecular flexibility index (Phi) is 3.82. The van der Waals surface area contributed by atoms with Crippen LogP contribution in [0.3, 0.4) is 0 Å². The Morgan fingerprint density at radius 1 is 1.45 bits per heavy atom. The highest BCUT2D eigenvalue weighted by molar-refractivity contribution is 7.99. The van der Waals surface area contributed by atoms with Crippen molar-refractivity contribution < 1.29 is 9.53 Å². The number of carbonyl (C=O) groups is 1. The van der Waals surface area contributed by atoms with Crippen molar-refractivity contribution in [3.05, 3.63) is 23.0 Å². The molecule has 2 unspecified atom stereocenters. The summed E-state index contributed by atoms with van der Waals surface area (Å²) >= 11 is 1.94. The quantitative estimate of drug-likeness (QED) is 0.784. The molecule has 3 heterocycles. The second kappa shape index (κ2) is 5.45. The first kappa shape index (κ1) is 14.0. The van der Waals surface area contributed by atoms with E-state index in [1.165, 1.54) is 0 Å². The Labute approximate surface area is 123 Å². The lowest BCUT2D eigenvalue weighted by Crippen LogP contribution is -2.42. The molecule has 2 aliphatic heterocycles. The van der Waals surface area contributed by atoms with E-state index < -0.39 is 0 Å². The van der Waals surface area contributed by atoms with Gasteiger partial charge in [0.25, 0.3) is 0 Å². The van der Waals surface area contributed by atoms with Crippen molar-refractivity contribution in [2.24, 2.45) is 5.92 Å². The minimum atomic E-state index is -0.0490. The maximum Gasteiger partial charge on any atom is 0.168 e. The SMILES string of the molecule is Cc1cc(C(=O)C2CCOC3(CCSC3)C2)c(C)nn1. The highest BCUT2D eigenvalue weighted by atomic mass is 32.2. The summed E-state index contributed by atoms with van der Waals surface area (Å²) < 4.78 is 6.00. The van der Waals surface area contributed by atoms with Crippen molar-refractivity contribution in [2.45, 2.75) is 38.7 Å². The lowest BCUT2D eigenvalue weighted by Gasteiger charge is -2.37. The van der Waals surface area contributed by atoms with E-state index in [9.17, 15) is 4.79 Å². The van der Waals surface area contributed by atoms with Gasteiger partial charge in [0.2, 0.25) is 0 Å². The van der Waals surface area contributed by atoms with Crippen molar-refractivity contribution >= 4 is 17.5 Å². The van der Waals surface area contributed by atoms with E-state index in [1.54, 1.807) is 0 Å². The number of Topliss-reactive ketones (excluding diaryl/α,β-unsaturated/α-hetero) is 1. The first-order valence-electron chi connectivity index (χ1n) is 7.16. The lowest BCUT2D eigenvalue weighted by atomic mass is 9.81. The van der Waals surface area contributed by atoms with Gasteiger partial charge in [-0.25, -0.2) is 0 Å². The molecule has 2 saturated heterocycles. The number of thioether (sulfide) groups is 1. The highest BCUT2D eigenvalue weighted by Crippen LogP contribution is 2.41. The molecule has 1 spiro atoms. The van der Waals surface area contributed by atoms with E-state index in [0.717, 1.165) is 47.7 Å². The maximum atomic E-state index is 12.8. The molecule has 0 amide bonds. The van der Waals surface area contributed by atoms with Crippen LogP contribution < -0.4 is 0 Å². The van der Waals surface area contributed by atoms with E-state index >= 15 is 0 Å². The average Bonchev–Trinajstić information content (AvgIpc) is 2.88. The van der Waals surface area contributed by atoms with Crippen molar-refractivity contribution in [3.63, 3.8) is 0 Å². The number of hydrogen-bond acceptors (Lipinski definition) is 5. The Morgan fingerprint density at radius 2 is 2.30 bits per heavy atom. The summed E-state index contributed by atoms with van der Waals surface area (Å²) in [6.07, 6.45) is 2.76. The number of aromatic nitrogens is 2. The summed E-state index contributed by atoms with van der Waals surface area (Å²) in [4.78, 5) is 12.8. The van der Waals surface area contributed by atoms with E-state index in [-0.39, 0.29) is 17.3 Å². The van der Waals surface area contributed by atoms with Gasteiger partial charge in [-0.3, -0.25) is 4.79 Å². The van der Waals surface area contributed by atoms with Crippen LogP contribution in [0.4, 0.5) is 0 Å². The van der Waals surface area contributed by atoms with Crippen LogP contribution in [0, 0.1) is 19.8 Å². The number of ether oxygens (including phenoxy) is 1. The van der Waals surface area contributed by atoms with Crippen LogP contribution in [-0.2, 0) is 4.74 Å². The molecular weight excluding hydrogens is 272 g/mol. The average molecular weight is 292 g/mol. The van der Waals surface area contributed by atoms with Gasteiger partial charge in [0.15, 0.2) is 5.78 Å². The van der Waals surface area contributed by atoms with Gasteiger partial charge in [-0.1, -0.05) is 0 Å². The fourth-order valence-electron chi connectivity index (χ4n) is 3.13. The van der Waals surface area contributed by atoms with Crippen molar-refractivity contribution in [2.75, 3.05) is 18.1 Å². The Hall–Kier alpha value is -0.940. The molecule has 1 aromatic heterocycles. The Balaban J connectivity index is 1.81. The Morgan fingerprint density at radius 3 is 3.05 bits per heavy atom. The summed E-state index contributed by atoms with van der Waals surface area (Å²) in [5.74, 6) is 2.48. The lowest BCUT2D eigenvalue weighted by molar-refractivity contribution is -0.0734. The van der Waals surface area contributed by atoms with Crippen LogP contribution in [0.15, 0.2) is 6.07 Å². The topological polar surface area (TPSA) is 52.1 Å². The molecule has 0 N–H and O–H groups in total. The zero-order chi connectivity index (χ0) is 14.2. The van der Waals surface area contributed by atoms with Gasteiger partial charge >= 0.3 is 0 Å². The molecular formula is C15H20N2O2S. The summed E-state index contributed by atoms with van der Waals surface area (Å²) in [5, 5.41) is 8.08. The molecule has 0 aliphatic carbocycles. The molecule has 4 nitrogen and oxygen atoms in total. The molecule has 2 atom stereocenters. The molecule has 20 heavy (non-hydrogen) atoms. The first-order chi connectivity index (χ1) is 9.60. The minimum absolute atomic E-state index is 0.0490. The number of nitrogens with zero attached hydrogens (tertiary/aromatic N) is 2. The maximum absolute atomic E-state index is 12.8. The van der Waals surface area contributed by atoms with Gasteiger partial charge < -0.3 is 4.74 Å². The van der Waals surface area contributed by atoms with Gasteiger partial charge in [-0.2, -0.15) is 22.0 Å². The fourth-order valence-corrected chi connectivity index (χ4v) is 4.51. The Bertz CT molecular complexity index is 527. The molecule has 2 fully saturated rings. The molecule has 3 rings (SSSR count). The second-order valence-corrected chi connectivity index (χ2v) is 6.98. The third-order valence-corrected chi connectivity index (χ3v) is 5.52. The van der Waals surface area contributed by atoms with Crippen molar-refractivity contribution in [1.82, 2.24) is 10.2 Å². The van der Waals surface area contributed by atoms with Gasteiger partial charge in [-0.15, -0.1) is 0 Å². The van der Waals surface area contributed by atoms with E-state index in [2.05, 4.69) is 10.2 Å². The summed E-state index contributed by atoms with van der Waals surface area (Å²) in [5.41, 5.74) is 2.23. The number of rotatable bonds is 2. The second-order valence-electron chi connectivity index (χ2n) is 5.87. The summed E-state index contributed by atoms with van der Waals surface area (Å²) in [6.45, 7) is 4.44. The molecule has 0 bridgehead atoms. The molecule has 0 saturated carbocycles. The van der Waals surface area contributed by atoms with Gasteiger partial charge in [0, 0.05) is 23.8 Å². The number of ketones is 1. The van der Waals surface area contributed by atoms with E-state index in [4.69, 9.17) is 4.74 Å². The van der Waals surface area contributed by atoms with Gasteiger partial charge in [0.1, 0.15) is 0 Å². The van der Waals surface area contributed by atoms with Crippen LogP contribution >= 0.6 is 11.8 Å². The van der Waals surface area contributed by atoms with Crippen LogP contribution in [-0.4, -0.2) is 39.7 Å². The standard InChI is InChI=1S/C15H20N2O2S/c1-10-7-13(11(2)17-16-10)14(18)12-3-5-19-15(8-12)4-6-20-9-15/h7,12H,3-6,8-9H2,1-2H3. The van der Waals surface area contributed by atoms with Crippen LogP contribution in [0.25, 0.3) is 0 Å². The van der Waals surface area contributed by atoms with Gasteiger partial charge in [0.05, 0.1) is 17.0 Å². The zero-order valence-electron chi connectivity index (χ0n) is 12.0. The van der Waals surface area contributed by atoms with E-state index in [0.29, 0.717) is 6.61 Å². The molecule has 0 aromatic carbocycles. The molecule has 1 aromatic rings. The van der Waals surface area contributed by atoms with Crippen molar-refractivity contribution in [3.8, 4) is 0 Å². The molecule has 2 aliphatic rings. The zero-order valence-corrected chi connectivity index (χ0v) is 12.8. The fraction of sp³-hybridized carbons (Fsp3) is 0.667. The predicted molar refractivity (Wildman–Crippen MR) is 79.2 cm³/mol. The van der Waals surface area contributed by atoms with Gasteiger partial charge in [-0.05, 0) is 44.9 Å². The van der Waals surface area contributed by atoms with E-state index in [1.807, 2.05) is 31.7 Å². The third kappa shape index (κ3) is 2.61. The molecule has 5 heteroatoms. The smallest absolute Gasteiger partial charge is 0.168 e. The van der Waals surface area contributed by atoms with Crippen LogP contribution in [0.1, 0.15) is 41.0 Å². The number of aryl methyl sites for hydroxylation is 2. The third-order valence-electron chi connectivity index (χ3n) is 4.30. The number of hydrogen-bond donors (Lipinski definition) is 0. The number of carbonyl (C=O) groups excluding carboxylic acids is 1. The molecule has 0 radical (unpaired) electrons. The monoisotopic (exact) mass is 292 g/mol. The predicted octanol–water partition coefficient (Wildman–Crippen LogP) is 2.58. The summed E-state index contributed by atoms with van der Waals surface area (Å²) in [6, 6.07) is 1.87. The van der Waals surface area contributed by atoms with Crippen LogP contribution in [0.5, 0.6) is 0 Å². The van der Waals surface area contributed by atoms with Crippen LogP contribution in [0.2, 0.25) is 0 Å². The normalized spacial score (nSPS) is 29.8. The molecule has 108 valence electrons. The largest absolute Gasteiger partial charge is 0.374 e. The first-order valence-corrected chi connectivity index (χ1v) is 8.32. The highest BCUT2D eigenvalue weighted by Gasteiger charge is 2.42. The summed E-state index contributed by atoms with van der Waals surface area (Å²) in [7, 11) is 0.